The van der Waals surface area contributed by atoms with Crippen molar-refractivity contribution in [3.8, 4) is 86.0 Å². The van der Waals surface area contributed by atoms with E-state index in [4.69, 9.17) is 29.2 Å². The molecule has 41 heteroatoms. The molecular formula is C84H72Br3F12N21O5. The zero-order valence-electron chi connectivity index (χ0n) is 67.6. The molecule has 0 saturated heterocycles. The van der Waals surface area contributed by atoms with Crippen LogP contribution >= 0.6 is 47.8 Å². The van der Waals surface area contributed by atoms with Gasteiger partial charge in [-0.05, 0) is 149 Å². The van der Waals surface area contributed by atoms with Crippen LogP contribution in [0.3, 0.4) is 0 Å². The molecule has 18 rings (SSSR count). The van der Waals surface area contributed by atoms with E-state index >= 15 is 13.2 Å². The number of hydrogen-bond donors (Lipinski definition) is 0. The summed E-state index contributed by atoms with van der Waals surface area (Å²) in [5, 5.41) is 0.758. The molecule has 13 aromatic rings. The van der Waals surface area contributed by atoms with E-state index in [1.807, 2.05) is 10.8 Å². The highest BCUT2D eigenvalue weighted by atomic mass is 79.9. The molecular weight excluding hydrogens is 1850 g/mol. The number of nitrogens with zero attached hydrogens (tertiary/aromatic N) is 21. The topological polar surface area (TPSA) is 281 Å². The number of amides is 2. The summed E-state index contributed by atoms with van der Waals surface area (Å²) in [5.41, 5.74) is 3.82. The monoisotopic (exact) mass is 1920 g/mol. The van der Waals surface area contributed by atoms with Gasteiger partial charge in [0.15, 0.2) is 37.8 Å². The zero-order chi connectivity index (χ0) is 88.9. The van der Waals surface area contributed by atoms with Gasteiger partial charge < -0.3 is 32.5 Å². The van der Waals surface area contributed by atoms with Gasteiger partial charge in [0.25, 0.3) is 5.91 Å². The van der Waals surface area contributed by atoms with Gasteiger partial charge in [0, 0.05) is 95.8 Å². The van der Waals surface area contributed by atoms with Crippen LogP contribution in [0.15, 0.2) is 121 Å². The van der Waals surface area contributed by atoms with E-state index in [-0.39, 0.29) is 102 Å². The molecule has 3 fully saturated rings. The van der Waals surface area contributed by atoms with Crippen molar-refractivity contribution >= 4 is 82.3 Å². The highest BCUT2D eigenvalue weighted by molar-refractivity contribution is 9.25. The molecule has 26 nitrogen and oxygen atoms in total. The van der Waals surface area contributed by atoms with Crippen LogP contribution in [0.2, 0.25) is 0 Å². The lowest BCUT2D eigenvalue weighted by Crippen LogP contribution is -2.32. The Hall–Kier alpha value is -11.8. The minimum absolute atomic E-state index is 0.00379. The highest BCUT2D eigenvalue weighted by Crippen LogP contribution is 2.53. The number of carbonyl (C=O) groups excluding carboxylic acids is 2. The number of carbonyl (C=O) groups is 2. The molecule has 2 aliphatic heterocycles. The lowest BCUT2D eigenvalue weighted by molar-refractivity contribution is -0.141. The second-order valence-electron chi connectivity index (χ2n) is 31.2. The van der Waals surface area contributed by atoms with Gasteiger partial charge in [-0.2, -0.15) is 39.5 Å². The Labute approximate surface area is 729 Å². The zero-order valence-corrected chi connectivity index (χ0v) is 72.4. The first kappa shape index (κ1) is 86.8. The Bertz CT molecular complexity index is 6400. The number of alkyl halides is 11. The fraction of sp³-hybridized carbons (Fsp3) is 0.345. The number of methoxy groups -OCH3 is 3. The molecule has 3 aromatic carbocycles. The highest BCUT2D eigenvalue weighted by Gasteiger charge is 2.50. The van der Waals surface area contributed by atoms with Crippen LogP contribution in [-0.4, -0.2) is 126 Å². The third kappa shape index (κ3) is 17.2. The van der Waals surface area contributed by atoms with Gasteiger partial charge >= 0.3 is 18.5 Å². The van der Waals surface area contributed by atoms with Crippen molar-refractivity contribution in [3.63, 3.8) is 0 Å². The van der Waals surface area contributed by atoms with Gasteiger partial charge in [0.2, 0.25) is 23.5 Å². The third-order valence-electron chi connectivity index (χ3n) is 21.4. The summed E-state index contributed by atoms with van der Waals surface area (Å²) < 4.78 is 188. The molecule has 5 aliphatic rings. The van der Waals surface area contributed by atoms with E-state index < -0.39 is 68.2 Å². The van der Waals surface area contributed by atoms with Gasteiger partial charge in [-0.3, -0.25) is 19.4 Å². The second-order valence-corrected chi connectivity index (χ2v) is 35.5. The molecule has 2 amide bonds. The molecule has 0 unspecified atom stereocenters. The SMILES string of the molecule is COc1ncnc(C2CC2)c1-c1ncc2c(Br)cn(Cc3ccc(-c4nc(C(F)(F)F)cn4C(C)C)c(F)c3)c2n1.COc1ncnc(C2CC2)c1-c1ncc2c(n1)N(Cc1ccc(-c3nc(C(F)(F)F)cn3C(C)C)c(F)c1)C(=O)C2.COc1ncnc(C2CC2)c1-c1ncc2c(n1)N(Cc1ccc(-c3nc(C(F)(F)F)cn3C(C)C)c(F)c1)C(=O)C2(Br)Br. The number of imidazole rings is 3. The molecule has 0 spiro atoms. The Morgan fingerprint density at radius 3 is 1.20 bits per heavy atom. The predicted molar refractivity (Wildman–Crippen MR) is 442 cm³/mol. The van der Waals surface area contributed by atoms with E-state index in [0.29, 0.717) is 91.2 Å². The molecule has 0 bridgehead atoms. The van der Waals surface area contributed by atoms with Crippen LogP contribution in [0.25, 0.3) is 79.4 Å². The normalized spacial score (nSPS) is 15.1. The summed E-state index contributed by atoms with van der Waals surface area (Å²) in [6, 6.07) is 11.6. The molecule has 3 aliphatic carbocycles. The van der Waals surface area contributed by atoms with Crippen LogP contribution in [-0.2, 0) is 57.4 Å². The maximum atomic E-state index is 15.5. The maximum absolute atomic E-state index is 15.5. The number of benzene rings is 3. The number of aromatic nitrogens is 19. The molecule has 10 aromatic heterocycles. The summed E-state index contributed by atoms with van der Waals surface area (Å²) in [7, 11) is 4.53. The summed E-state index contributed by atoms with van der Waals surface area (Å²) in [5.74, 6) is 0.336. The maximum Gasteiger partial charge on any atom is 0.434 e. The molecule has 125 heavy (non-hydrogen) atoms. The largest absolute Gasteiger partial charge is 0.480 e. The van der Waals surface area contributed by atoms with E-state index in [1.165, 1.54) is 106 Å². The number of rotatable bonds is 21. The van der Waals surface area contributed by atoms with Gasteiger partial charge in [-0.25, -0.2) is 87.9 Å². The Kier molecular flexibility index (Phi) is 23.3. The van der Waals surface area contributed by atoms with E-state index in [1.54, 1.807) is 72.1 Å². The quantitative estimate of drug-likeness (QED) is 0.0477. The number of halogens is 15. The van der Waals surface area contributed by atoms with Crippen molar-refractivity contribution in [2.45, 2.75) is 164 Å². The summed E-state index contributed by atoms with van der Waals surface area (Å²) >= 11 is 10.4. The number of fused-ring (bicyclic) bond motifs is 3. The molecule has 0 N–H and O–H groups in total. The van der Waals surface area contributed by atoms with Gasteiger partial charge in [-0.15, -0.1) is 0 Å². The number of ether oxygens (including phenoxy) is 3. The van der Waals surface area contributed by atoms with Crippen molar-refractivity contribution in [1.82, 2.24) is 93.0 Å². The number of hydrogen-bond acceptors (Lipinski definition) is 20. The number of anilines is 2. The predicted octanol–water partition coefficient (Wildman–Crippen LogP) is 19.6. The second kappa shape index (κ2) is 33.6. The molecule has 12 heterocycles. The minimum Gasteiger partial charge on any atom is -0.480 e. The fourth-order valence-electron chi connectivity index (χ4n) is 14.8. The first-order valence-electron chi connectivity index (χ1n) is 39.2. The smallest absolute Gasteiger partial charge is 0.434 e. The Morgan fingerprint density at radius 2 is 0.824 bits per heavy atom. The summed E-state index contributed by atoms with van der Waals surface area (Å²) in [4.78, 5) is 94.3. The average molecular weight is 1920 g/mol. The standard InChI is InChI=1S/C28H23Br2F4N7O2.C28H24BrF4N7O.C28H25F4N7O2/c1-13(2)40-11-19(28(32,33)34)38-23(40)16-7-4-14(8-18(16)31)10-41-24-17(27(29,30)26(41)42)9-35-22(39-24)20-21(15-5-6-15)36-12-37-25(20)43-3;1-14(2)40-12-21(28(31,32)33)37-26(40)17-7-4-15(8-20(17)30)10-39-11-19(29)18-9-34-24(38-25(18)39)22-23(16-5-6-16)35-13-36-27(22)41-3;1-14(2)38-12-20(28(30,31)32)36-26(38)18-7-4-15(8-19(18)29)11-39-21(40)9-17-10-33-24(37-25(17)39)22-23(16-5-6-16)34-13-35-27(22)41-3/h4,7-9,11-13,15H,5-6,10H2,1-3H3;4,7-9,11-14,16H,5-6,10H2,1-3H3;4,7-8,10,12-14,16H,5-6,9,11H2,1-3H3. The van der Waals surface area contributed by atoms with Crippen LogP contribution < -0.4 is 24.0 Å². The first-order valence-corrected chi connectivity index (χ1v) is 41.6. The fourth-order valence-corrected chi connectivity index (χ4v) is 16.3. The lowest BCUT2D eigenvalue weighted by Gasteiger charge is -2.19. The van der Waals surface area contributed by atoms with Crippen LogP contribution in [0.1, 0.15) is 178 Å². The van der Waals surface area contributed by atoms with E-state index in [9.17, 15) is 49.1 Å². The van der Waals surface area contributed by atoms with Gasteiger partial charge in [0.05, 0.1) is 85.6 Å². The molecule has 0 atom stereocenters. The van der Waals surface area contributed by atoms with Crippen LogP contribution in [0, 0.1) is 17.5 Å². The minimum atomic E-state index is -4.68. The van der Waals surface area contributed by atoms with Crippen molar-refractivity contribution in [1.29, 1.82) is 0 Å². The van der Waals surface area contributed by atoms with Crippen LogP contribution in [0.4, 0.5) is 64.3 Å². The molecule has 0 radical (unpaired) electrons. The van der Waals surface area contributed by atoms with E-state index in [0.717, 1.165) is 84.1 Å². The molecule has 648 valence electrons. The van der Waals surface area contributed by atoms with Crippen molar-refractivity contribution in [3.05, 3.63) is 201 Å². The average Bonchev–Trinajstić information content (AvgIpc) is 1.58. The van der Waals surface area contributed by atoms with Gasteiger partial charge in [-0.1, -0.05) is 50.1 Å². The van der Waals surface area contributed by atoms with E-state index in [2.05, 4.69) is 108 Å². The third-order valence-corrected chi connectivity index (χ3v) is 23.6. The van der Waals surface area contributed by atoms with Crippen LogP contribution in [0.5, 0.6) is 17.6 Å². The van der Waals surface area contributed by atoms with Crippen molar-refractivity contribution in [2.24, 2.45) is 0 Å². The lowest BCUT2D eigenvalue weighted by atomic mass is 10.1. The molecule has 3 saturated carbocycles. The van der Waals surface area contributed by atoms with Gasteiger partial charge in [0.1, 0.15) is 87.9 Å². The Morgan fingerprint density at radius 1 is 0.456 bits per heavy atom. The Balaban J connectivity index is 0.000000138. The summed E-state index contributed by atoms with van der Waals surface area (Å²) in [6.45, 7) is 10.3. The van der Waals surface area contributed by atoms with Crippen molar-refractivity contribution < 1.29 is 76.5 Å². The first-order chi connectivity index (χ1) is 59.4. The summed E-state index contributed by atoms with van der Waals surface area (Å²) in [6.07, 6.45) is 5.70. The van der Waals surface area contributed by atoms with Crippen molar-refractivity contribution in [2.75, 3.05) is 31.1 Å².